The van der Waals surface area contributed by atoms with Gasteiger partial charge in [0.05, 0.1) is 17.7 Å². The van der Waals surface area contributed by atoms with Gasteiger partial charge in [-0.2, -0.15) is 13.2 Å². The molecule has 1 aliphatic heterocycles. The Bertz CT molecular complexity index is 487. The Hall–Kier alpha value is -1.07. The lowest BCUT2D eigenvalue weighted by molar-refractivity contribution is -0.137. The van der Waals surface area contributed by atoms with Gasteiger partial charge in [0.25, 0.3) is 0 Å². The summed E-state index contributed by atoms with van der Waals surface area (Å²) in [5.41, 5.74) is 0.946. The highest BCUT2D eigenvalue weighted by molar-refractivity contribution is 5.35. The fourth-order valence-corrected chi connectivity index (χ4v) is 2.97. The second-order valence-electron chi connectivity index (χ2n) is 5.71. The average Bonchev–Trinajstić information content (AvgIpc) is 2.81. The molecule has 1 aromatic rings. The maximum absolute atomic E-state index is 12.8. The predicted octanol–water partition coefficient (Wildman–Crippen LogP) is 4.09. The Morgan fingerprint density at radius 2 is 2.10 bits per heavy atom. The smallest absolute Gasteiger partial charge is 0.376 e. The first-order valence-corrected chi connectivity index (χ1v) is 7.37. The van der Waals surface area contributed by atoms with E-state index in [4.69, 9.17) is 4.74 Å². The summed E-state index contributed by atoms with van der Waals surface area (Å²) in [6, 6.07) is 3.90. The quantitative estimate of drug-likeness (QED) is 0.904. The summed E-state index contributed by atoms with van der Waals surface area (Å²) in [5, 5.41) is 3.36. The van der Waals surface area contributed by atoms with Gasteiger partial charge < -0.3 is 10.1 Å². The van der Waals surface area contributed by atoms with Crippen LogP contribution in [0, 0.1) is 12.8 Å². The number of aryl methyl sites for hydroxylation is 1. The molecule has 3 unspecified atom stereocenters. The number of hydrogen-bond donors (Lipinski definition) is 1. The molecule has 0 amide bonds. The van der Waals surface area contributed by atoms with Crippen molar-refractivity contribution in [1.29, 1.82) is 0 Å². The minimum Gasteiger partial charge on any atom is -0.376 e. The van der Waals surface area contributed by atoms with Crippen molar-refractivity contribution in [3.05, 3.63) is 34.9 Å². The normalized spacial score (nSPS) is 24.3. The van der Waals surface area contributed by atoms with Crippen LogP contribution in [0.15, 0.2) is 18.2 Å². The highest BCUT2D eigenvalue weighted by Gasteiger charge is 2.35. The number of ether oxygens (including phenoxy) is 1. The van der Waals surface area contributed by atoms with Gasteiger partial charge in [-0.25, -0.2) is 0 Å². The molecule has 1 aromatic carbocycles. The first-order valence-electron chi connectivity index (χ1n) is 7.37. The Kier molecular flexibility index (Phi) is 4.94. The van der Waals surface area contributed by atoms with Crippen LogP contribution in [0.4, 0.5) is 13.2 Å². The topological polar surface area (TPSA) is 21.3 Å². The molecule has 0 bridgehead atoms. The Labute approximate surface area is 123 Å². The van der Waals surface area contributed by atoms with Crippen LogP contribution >= 0.6 is 0 Å². The summed E-state index contributed by atoms with van der Waals surface area (Å²) in [6.45, 7) is 7.31. The SMILES string of the molecule is CCNC(c1ccc(C(F)(F)F)cc1C)C1OCCC1C. The Morgan fingerprint density at radius 3 is 2.57 bits per heavy atom. The Balaban J connectivity index is 2.32. The average molecular weight is 301 g/mol. The van der Waals surface area contributed by atoms with Gasteiger partial charge in [-0.05, 0) is 49.1 Å². The molecule has 1 heterocycles. The second-order valence-corrected chi connectivity index (χ2v) is 5.71. The first kappa shape index (κ1) is 16.3. The molecular formula is C16H22F3NO. The molecule has 118 valence electrons. The maximum atomic E-state index is 12.8. The van der Waals surface area contributed by atoms with Gasteiger partial charge in [0.15, 0.2) is 0 Å². The molecule has 2 rings (SSSR count). The van der Waals surface area contributed by atoms with Crippen LogP contribution in [-0.2, 0) is 10.9 Å². The van der Waals surface area contributed by atoms with Crippen molar-refractivity contribution in [2.45, 2.75) is 45.5 Å². The molecule has 0 spiro atoms. The van der Waals surface area contributed by atoms with E-state index in [-0.39, 0.29) is 12.1 Å². The standard InChI is InChI=1S/C16H22F3NO/c1-4-20-14(15-10(2)7-8-21-15)13-6-5-12(9-11(13)3)16(17,18)19/h5-6,9-10,14-15,20H,4,7-8H2,1-3H3. The van der Waals surface area contributed by atoms with E-state index in [0.29, 0.717) is 18.1 Å². The molecule has 5 heteroatoms. The van der Waals surface area contributed by atoms with Crippen LogP contribution in [0.3, 0.4) is 0 Å². The molecule has 1 N–H and O–H groups in total. The van der Waals surface area contributed by atoms with E-state index in [2.05, 4.69) is 12.2 Å². The van der Waals surface area contributed by atoms with E-state index in [9.17, 15) is 13.2 Å². The van der Waals surface area contributed by atoms with Crippen molar-refractivity contribution >= 4 is 0 Å². The van der Waals surface area contributed by atoms with Crippen LogP contribution in [0.1, 0.15) is 43.0 Å². The van der Waals surface area contributed by atoms with Crippen molar-refractivity contribution < 1.29 is 17.9 Å². The number of halogens is 3. The van der Waals surface area contributed by atoms with E-state index in [1.807, 2.05) is 6.92 Å². The molecule has 3 atom stereocenters. The third kappa shape index (κ3) is 3.58. The summed E-state index contributed by atoms with van der Waals surface area (Å²) in [4.78, 5) is 0. The van der Waals surface area contributed by atoms with Crippen LogP contribution in [-0.4, -0.2) is 19.3 Å². The number of nitrogens with one attached hydrogen (secondary N) is 1. The molecule has 1 fully saturated rings. The summed E-state index contributed by atoms with van der Waals surface area (Å²) >= 11 is 0. The molecule has 1 saturated heterocycles. The van der Waals surface area contributed by atoms with Gasteiger partial charge in [0.1, 0.15) is 0 Å². The van der Waals surface area contributed by atoms with Crippen molar-refractivity contribution in [2.75, 3.05) is 13.2 Å². The van der Waals surface area contributed by atoms with E-state index in [1.165, 1.54) is 6.07 Å². The summed E-state index contributed by atoms with van der Waals surface area (Å²) < 4.78 is 44.1. The lowest BCUT2D eigenvalue weighted by atomic mass is 9.89. The molecule has 0 radical (unpaired) electrons. The summed E-state index contributed by atoms with van der Waals surface area (Å²) in [6.07, 6.45) is -3.29. The number of rotatable bonds is 4. The number of likely N-dealkylation sites (N-methyl/N-ethyl adjacent to an activating group) is 1. The van der Waals surface area contributed by atoms with Crippen LogP contribution in [0.25, 0.3) is 0 Å². The van der Waals surface area contributed by atoms with E-state index >= 15 is 0 Å². The fraction of sp³-hybridized carbons (Fsp3) is 0.625. The molecule has 0 aromatic heterocycles. The number of hydrogen-bond acceptors (Lipinski definition) is 2. The van der Waals surface area contributed by atoms with Crippen LogP contribution in [0.5, 0.6) is 0 Å². The third-order valence-corrected chi connectivity index (χ3v) is 4.13. The zero-order valence-electron chi connectivity index (χ0n) is 12.6. The van der Waals surface area contributed by atoms with Gasteiger partial charge >= 0.3 is 6.18 Å². The molecular weight excluding hydrogens is 279 g/mol. The number of benzene rings is 1. The molecule has 2 nitrogen and oxygen atoms in total. The second kappa shape index (κ2) is 6.36. The van der Waals surface area contributed by atoms with Crippen LogP contribution in [0.2, 0.25) is 0 Å². The van der Waals surface area contributed by atoms with Gasteiger partial charge in [-0.1, -0.05) is 19.9 Å². The molecule has 21 heavy (non-hydrogen) atoms. The largest absolute Gasteiger partial charge is 0.416 e. The molecule has 0 saturated carbocycles. The van der Waals surface area contributed by atoms with Gasteiger partial charge in [0.2, 0.25) is 0 Å². The first-order chi connectivity index (χ1) is 9.84. The van der Waals surface area contributed by atoms with Crippen LogP contribution < -0.4 is 5.32 Å². The predicted molar refractivity (Wildman–Crippen MR) is 76.1 cm³/mol. The van der Waals surface area contributed by atoms with Crippen molar-refractivity contribution in [1.82, 2.24) is 5.32 Å². The lowest BCUT2D eigenvalue weighted by Gasteiger charge is -2.29. The fourth-order valence-electron chi connectivity index (χ4n) is 2.97. The van der Waals surface area contributed by atoms with E-state index < -0.39 is 11.7 Å². The maximum Gasteiger partial charge on any atom is 0.416 e. The molecule has 0 aliphatic carbocycles. The third-order valence-electron chi connectivity index (χ3n) is 4.13. The monoisotopic (exact) mass is 301 g/mol. The lowest BCUT2D eigenvalue weighted by Crippen LogP contribution is -2.35. The highest BCUT2D eigenvalue weighted by atomic mass is 19.4. The van der Waals surface area contributed by atoms with Crippen molar-refractivity contribution in [2.24, 2.45) is 5.92 Å². The van der Waals surface area contributed by atoms with Gasteiger partial charge in [0, 0.05) is 6.61 Å². The highest BCUT2D eigenvalue weighted by Crippen LogP contribution is 2.35. The van der Waals surface area contributed by atoms with E-state index in [1.54, 1.807) is 13.0 Å². The van der Waals surface area contributed by atoms with Gasteiger partial charge in [-0.15, -0.1) is 0 Å². The molecule has 1 aliphatic rings. The minimum absolute atomic E-state index is 0.0142. The van der Waals surface area contributed by atoms with Gasteiger partial charge in [-0.3, -0.25) is 0 Å². The van der Waals surface area contributed by atoms with Crippen molar-refractivity contribution in [3.8, 4) is 0 Å². The summed E-state index contributed by atoms with van der Waals surface area (Å²) in [7, 11) is 0. The summed E-state index contributed by atoms with van der Waals surface area (Å²) in [5.74, 6) is 0.399. The minimum atomic E-state index is -4.30. The van der Waals surface area contributed by atoms with Crippen molar-refractivity contribution in [3.63, 3.8) is 0 Å². The van der Waals surface area contributed by atoms with E-state index in [0.717, 1.165) is 24.6 Å². The Morgan fingerprint density at radius 1 is 1.38 bits per heavy atom. The number of alkyl halides is 3. The zero-order chi connectivity index (χ0) is 15.6. The zero-order valence-corrected chi connectivity index (χ0v) is 12.6.